The van der Waals surface area contributed by atoms with E-state index in [0.29, 0.717) is 0 Å². The summed E-state index contributed by atoms with van der Waals surface area (Å²) in [6, 6.07) is 71.1. The number of benzene rings is 8. The second-order valence-electron chi connectivity index (χ2n) is 17.3. The fourth-order valence-corrected chi connectivity index (χ4v) is 12.0. The minimum atomic E-state index is -0.544. The molecule has 0 nitrogen and oxygen atoms in total. The molecular weight excluding hydrogens is 825 g/mol. The minimum Gasteiger partial charge on any atom is -0.143 e. The molecule has 8 aromatic carbocycles. The Morgan fingerprint density at radius 2 is 0.565 bits per heavy atom. The first-order valence-corrected chi connectivity index (χ1v) is 23.5. The van der Waals surface area contributed by atoms with Crippen LogP contribution in [0.4, 0.5) is 0 Å². The second-order valence-corrected chi connectivity index (χ2v) is 19.2. The zero-order valence-electron chi connectivity index (χ0n) is 35.3. The Morgan fingerprint density at radius 1 is 0.323 bits per heavy atom. The molecule has 62 heavy (non-hydrogen) atoms. The molecule has 0 aliphatic heterocycles. The summed E-state index contributed by atoms with van der Waals surface area (Å²) in [5, 5.41) is 0. The van der Waals surface area contributed by atoms with E-state index >= 15 is 0 Å². The maximum atomic E-state index is 5.12. The highest BCUT2D eigenvalue weighted by atomic mass is 32.1. The smallest absolute Gasteiger partial charge is 0.0243 e. The molecule has 0 unspecified atom stereocenters. The topological polar surface area (TPSA) is 0 Å². The van der Waals surface area contributed by atoms with Gasteiger partial charge in [-0.3, -0.25) is 0 Å². The van der Waals surface area contributed by atoms with Crippen molar-refractivity contribution in [1.82, 2.24) is 0 Å². The van der Waals surface area contributed by atoms with Crippen LogP contribution in [0.15, 0.2) is 214 Å². The Hall–Kier alpha value is -4.84. The average molecular weight is 877 g/mol. The Kier molecular flexibility index (Phi) is 12.1. The second kappa shape index (κ2) is 17.7. The van der Waals surface area contributed by atoms with E-state index in [1.165, 1.54) is 28.7 Å². The fraction of sp³-hybridized carbons (Fsp3) is 0.172. The predicted molar refractivity (Wildman–Crippen MR) is 275 cm³/mol. The molecule has 1 aliphatic carbocycles. The van der Waals surface area contributed by atoms with Crippen LogP contribution >= 0.6 is 50.5 Å². The molecule has 0 atom stereocenters. The Balaban J connectivity index is 1.41. The molecule has 0 N–H and O–H groups in total. The molecule has 1 fully saturated rings. The third kappa shape index (κ3) is 7.47. The highest BCUT2D eigenvalue weighted by molar-refractivity contribution is 7.81. The third-order valence-corrected chi connectivity index (χ3v) is 15.8. The monoisotopic (exact) mass is 876 g/mol. The van der Waals surface area contributed by atoms with Gasteiger partial charge in [0.25, 0.3) is 0 Å². The molecule has 8 aromatic rings. The normalized spacial score (nSPS) is 14.1. The predicted octanol–water partition coefficient (Wildman–Crippen LogP) is 16.8. The first kappa shape index (κ1) is 42.5. The van der Waals surface area contributed by atoms with E-state index in [0.717, 1.165) is 89.8 Å². The summed E-state index contributed by atoms with van der Waals surface area (Å²) in [5.41, 5.74) is 12.8. The molecule has 0 amide bonds. The minimum absolute atomic E-state index is 0.367. The number of hydrogen-bond donors (Lipinski definition) is 4. The van der Waals surface area contributed by atoms with Crippen LogP contribution in [0.2, 0.25) is 0 Å². The van der Waals surface area contributed by atoms with Crippen LogP contribution in [-0.4, -0.2) is 0 Å². The van der Waals surface area contributed by atoms with E-state index in [1.54, 1.807) is 0 Å². The maximum Gasteiger partial charge on any atom is 0.0243 e. The van der Waals surface area contributed by atoms with Crippen LogP contribution in [0.25, 0.3) is 44.5 Å². The summed E-state index contributed by atoms with van der Waals surface area (Å²) in [5.74, 6) is 0. The SMILES string of the molecule is CC(c1ccc(S)c(-c2ccccc2)c1)(c1ccc(S)c(-c2ccccc2)c1)C1(C(C)(c2ccc(S)c(-c3ccccc3)c2)c2ccc(S)c(-c3ccccc3)c2)CCCCC1. The largest absolute Gasteiger partial charge is 0.143 e. The van der Waals surface area contributed by atoms with Crippen LogP contribution < -0.4 is 0 Å². The van der Waals surface area contributed by atoms with Gasteiger partial charge in [-0.05, 0) is 134 Å². The molecule has 0 radical (unpaired) electrons. The third-order valence-electron chi connectivity index (χ3n) is 14.3. The number of thiol groups is 4. The van der Waals surface area contributed by atoms with Crippen molar-refractivity contribution in [2.24, 2.45) is 5.41 Å². The first-order valence-electron chi connectivity index (χ1n) is 21.7. The Morgan fingerprint density at radius 3 is 0.806 bits per heavy atom. The van der Waals surface area contributed by atoms with Gasteiger partial charge < -0.3 is 0 Å². The number of rotatable bonds is 10. The summed E-state index contributed by atoms with van der Waals surface area (Å²) in [6.07, 6.45) is 5.45. The van der Waals surface area contributed by atoms with Gasteiger partial charge in [0.15, 0.2) is 0 Å². The average Bonchev–Trinajstić information content (AvgIpc) is 3.33. The van der Waals surface area contributed by atoms with Gasteiger partial charge in [-0.1, -0.05) is 179 Å². The van der Waals surface area contributed by atoms with Crippen molar-refractivity contribution in [1.29, 1.82) is 0 Å². The summed E-state index contributed by atoms with van der Waals surface area (Å²) in [6.45, 7) is 5.11. The highest BCUT2D eigenvalue weighted by Crippen LogP contribution is 2.66. The van der Waals surface area contributed by atoms with Crippen LogP contribution in [-0.2, 0) is 10.8 Å². The molecule has 0 aromatic heterocycles. The van der Waals surface area contributed by atoms with Crippen LogP contribution in [0.1, 0.15) is 68.2 Å². The van der Waals surface area contributed by atoms with E-state index < -0.39 is 10.8 Å². The highest BCUT2D eigenvalue weighted by Gasteiger charge is 2.61. The molecule has 1 aliphatic rings. The zero-order valence-corrected chi connectivity index (χ0v) is 38.9. The standard InChI is InChI=1S/C58H52S4/c1-56(44-26-30-52(59)48(36-44)40-18-8-3-9-19-40,45-27-31-53(60)49(37-45)41-20-10-4-11-21-41)58(34-16-7-17-35-58)57(2,46-28-32-54(61)50(38-46)42-22-12-5-13-23-42)47-29-33-55(62)51(39-47)43-24-14-6-15-25-43/h3-6,8-15,18-33,36-39,59-62H,7,16-17,34-35H2,1-2H3. The molecule has 0 bridgehead atoms. The van der Waals surface area contributed by atoms with Gasteiger partial charge in [-0.25, -0.2) is 0 Å². The van der Waals surface area contributed by atoms with Gasteiger partial charge >= 0.3 is 0 Å². The van der Waals surface area contributed by atoms with Gasteiger partial charge in [0.05, 0.1) is 0 Å². The van der Waals surface area contributed by atoms with E-state index in [-0.39, 0.29) is 5.41 Å². The van der Waals surface area contributed by atoms with Crippen molar-refractivity contribution in [3.63, 3.8) is 0 Å². The molecule has 9 rings (SSSR count). The van der Waals surface area contributed by atoms with Crippen LogP contribution in [0.3, 0.4) is 0 Å². The van der Waals surface area contributed by atoms with Crippen molar-refractivity contribution < 1.29 is 0 Å². The van der Waals surface area contributed by atoms with Gasteiger partial charge in [0, 0.05) is 30.4 Å². The fourth-order valence-electron chi connectivity index (χ4n) is 10.9. The molecule has 4 heteroatoms. The summed E-state index contributed by atoms with van der Waals surface area (Å²) >= 11 is 20.5. The van der Waals surface area contributed by atoms with E-state index in [9.17, 15) is 0 Å². The Labute approximate surface area is 390 Å². The lowest BCUT2D eigenvalue weighted by Crippen LogP contribution is -2.58. The molecule has 0 saturated heterocycles. The lowest BCUT2D eigenvalue weighted by molar-refractivity contribution is 0.0278. The van der Waals surface area contributed by atoms with Crippen molar-refractivity contribution in [3.05, 3.63) is 216 Å². The van der Waals surface area contributed by atoms with Gasteiger partial charge in [-0.2, -0.15) is 0 Å². The molecule has 0 spiro atoms. The molecule has 0 heterocycles. The molecular formula is C58H52S4. The number of hydrogen-bond acceptors (Lipinski definition) is 4. The first-order chi connectivity index (χ1) is 30.1. The lowest BCUT2D eigenvalue weighted by atomic mass is 9.41. The molecule has 1 saturated carbocycles. The molecule has 308 valence electrons. The van der Waals surface area contributed by atoms with E-state index in [1.807, 2.05) is 0 Å². The summed E-state index contributed by atoms with van der Waals surface area (Å²) < 4.78 is 0. The van der Waals surface area contributed by atoms with E-state index in [4.69, 9.17) is 50.5 Å². The van der Waals surface area contributed by atoms with Crippen LogP contribution in [0.5, 0.6) is 0 Å². The summed E-state index contributed by atoms with van der Waals surface area (Å²) in [7, 11) is 0. The van der Waals surface area contributed by atoms with Crippen molar-refractivity contribution in [2.45, 2.75) is 76.4 Å². The van der Waals surface area contributed by atoms with Gasteiger partial charge in [-0.15, -0.1) is 50.5 Å². The Bertz CT molecular complexity index is 2460. The van der Waals surface area contributed by atoms with Gasteiger partial charge in [0.2, 0.25) is 0 Å². The van der Waals surface area contributed by atoms with Gasteiger partial charge in [0.1, 0.15) is 0 Å². The van der Waals surface area contributed by atoms with Crippen LogP contribution in [0, 0.1) is 5.41 Å². The summed E-state index contributed by atoms with van der Waals surface area (Å²) in [4.78, 5) is 3.86. The quantitative estimate of drug-likeness (QED) is 0.0967. The van der Waals surface area contributed by atoms with Crippen molar-refractivity contribution >= 4 is 50.5 Å². The lowest BCUT2D eigenvalue weighted by Gasteiger charge is -2.62. The van der Waals surface area contributed by atoms with Crippen molar-refractivity contribution in [2.75, 3.05) is 0 Å². The van der Waals surface area contributed by atoms with E-state index in [2.05, 4.69) is 208 Å². The maximum absolute atomic E-state index is 5.12. The zero-order chi connectivity index (χ0) is 42.9. The van der Waals surface area contributed by atoms with Crippen molar-refractivity contribution in [3.8, 4) is 44.5 Å².